The minimum atomic E-state index is 0.494. The molecule has 0 heterocycles. The Hall–Kier alpha value is -0.0800. The minimum absolute atomic E-state index is 0.494. The lowest BCUT2D eigenvalue weighted by Crippen LogP contribution is -2.42. The molecule has 3 rings (SSSR count). The third-order valence-corrected chi connectivity index (χ3v) is 5.27. The summed E-state index contributed by atoms with van der Waals surface area (Å²) in [5, 5.41) is 3.59. The molecule has 0 aliphatic heterocycles. The Labute approximate surface area is 105 Å². The van der Waals surface area contributed by atoms with Crippen LogP contribution in [0.4, 0.5) is 0 Å². The summed E-state index contributed by atoms with van der Waals surface area (Å²) >= 11 is 0. The maximum Gasteiger partial charge on any atom is 0.0537 e. The van der Waals surface area contributed by atoms with Crippen LogP contribution in [0.1, 0.15) is 45.4 Å². The molecule has 2 heteroatoms. The first-order chi connectivity index (χ1) is 8.32. The average Bonchev–Trinajstić information content (AvgIpc) is 2.94. The second-order valence-corrected chi connectivity index (χ2v) is 6.68. The van der Waals surface area contributed by atoms with E-state index < -0.39 is 0 Å². The standard InChI is InChI=1S/C15H27NO/c1-2-16-10-15(11-17-9-12-3-4-12)8-13-5-6-14(15)7-13/h12-14,16H,2-11H2,1H3. The summed E-state index contributed by atoms with van der Waals surface area (Å²) < 4.78 is 6.05. The average molecular weight is 237 g/mol. The molecule has 0 radical (unpaired) electrons. The van der Waals surface area contributed by atoms with Gasteiger partial charge in [0, 0.05) is 18.6 Å². The zero-order valence-electron chi connectivity index (χ0n) is 11.2. The van der Waals surface area contributed by atoms with Gasteiger partial charge >= 0.3 is 0 Å². The monoisotopic (exact) mass is 237 g/mol. The largest absolute Gasteiger partial charge is 0.381 e. The molecule has 0 amide bonds. The third kappa shape index (κ3) is 2.53. The molecule has 3 unspecified atom stereocenters. The molecular weight excluding hydrogens is 210 g/mol. The molecule has 17 heavy (non-hydrogen) atoms. The summed E-state index contributed by atoms with van der Waals surface area (Å²) in [5.74, 6) is 2.87. The lowest BCUT2D eigenvalue weighted by atomic mass is 9.73. The van der Waals surface area contributed by atoms with Gasteiger partial charge in [0.1, 0.15) is 0 Å². The Morgan fingerprint density at radius 2 is 2.12 bits per heavy atom. The molecule has 3 aliphatic rings. The zero-order valence-corrected chi connectivity index (χ0v) is 11.2. The maximum absolute atomic E-state index is 6.05. The van der Waals surface area contributed by atoms with Crippen molar-refractivity contribution in [1.82, 2.24) is 5.32 Å². The van der Waals surface area contributed by atoms with Crippen molar-refractivity contribution < 1.29 is 4.74 Å². The molecule has 0 aromatic heterocycles. The fourth-order valence-electron chi connectivity index (χ4n) is 4.09. The predicted molar refractivity (Wildman–Crippen MR) is 70.0 cm³/mol. The molecular formula is C15H27NO. The highest BCUT2D eigenvalue weighted by atomic mass is 16.5. The summed E-state index contributed by atoms with van der Waals surface area (Å²) in [6.45, 7) is 6.56. The fourth-order valence-corrected chi connectivity index (χ4v) is 4.09. The highest BCUT2D eigenvalue weighted by molar-refractivity contribution is 5.01. The molecule has 3 aliphatic carbocycles. The Balaban J connectivity index is 1.55. The molecule has 0 aromatic rings. The number of fused-ring (bicyclic) bond motifs is 2. The van der Waals surface area contributed by atoms with Gasteiger partial charge in [-0.2, -0.15) is 0 Å². The van der Waals surface area contributed by atoms with Crippen LogP contribution in [0.15, 0.2) is 0 Å². The first-order valence-corrected chi connectivity index (χ1v) is 7.61. The van der Waals surface area contributed by atoms with Crippen molar-refractivity contribution in [2.45, 2.75) is 45.4 Å². The van der Waals surface area contributed by atoms with Gasteiger partial charge in [-0.1, -0.05) is 13.3 Å². The Kier molecular flexibility index (Phi) is 3.45. The van der Waals surface area contributed by atoms with Crippen LogP contribution in [-0.2, 0) is 4.74 Å². The third-order valence-electron chi connectivity index (χ3n) is 5.27. The van der Waals surface area contributed by atoms with Crippen molar-refractivity contribution in [2.24, 2.45) is 23.2 Å². The Morgan fingerprint density at radius 3 is 2.71 bits per heavy atom. The highest BCUT2D eigenvalue weighted by Crippen LogP contribution is 2.55. The van der Waals surface area contributed by atoms with Crippen molar-refractivity contribution in [3.63, 3.8) is 0 Å². The van der Waals surface area contributed by atoms with Crippen molar-refractivity contribution >= 4 is 0 Å². The van der Waals surface area contributed by atoms with Gasteiger partial charge in [-0.3, -0.25) is 0 Å². The minimum Gasteiger partial charge on any atom is -0.381 e. The smallest absolute Gasteiger partial charge is 0.0537 e. The summed E-state index contributed by atoms with van der Waals surface area (Å²) in [4.78, 5) is 0. The van der Waals surface area contributed by atoms with E-state index in [9.17, 15) is 0 Å². The topological polar surface area (TPSA) is 21.3 Å². The quantitative estimate of drug-likeness (QED) is 0.735. The van der Waals surface area contributed by atoms with Crippen LogP contribution in [0.5, 0.6) is 0 Å². The van der Waals surface area contributed by atoms with Gasteiger partial charge < -0.3 is 10.1 Å². The van der Waals surface area contributed by atoms with Gasteiger partial charge in [-0.25, -0.2) is 0 Å². The van der Waals surface area contributed by atoms with Crippen LogP contribution in [0.2, 0.25) is 0 Å². The van der Waals surface area contributed by atoms with E-state index >= 15 is 0 Å². The van der Waals surface area contributed by atoms with Crippen LogP contribution in [0.3, 0.4) is 0 Å². The van der Waals surface area contributed by atoms with Crippen molar-refractivity contribution in [3.05, 3.63) is 0 Å². The van der Waals surface area contributed by atoms with E-state index in [0.29, 0.717) is 5.41 Å². The van der Waals surface area contributed by atoms with Crippen LogP contribution in [-0.4, -0.2) is 26.3 Å². The first kappa shape index (κ1) is 12.0. The molecule has 1 N–H and O–H groups in total. The van der Waals surface area contributed by atoms with E-state index in [0.717, 1.165) is 37.5 Å². The number of hydrogen-bond acceptors (Lipinski definition) is 2. The maximum atomic E-state index is 6.05. The number of rotatable bonds is 7. The van der Waals surface area contributed by atoms with Crippen LogP contribution in [0, 0.1) is 23.2 Å². The van der Waals surface area contributed by atoms with Gasteiger partial charge in [0.05, 0.1) is 6.61 Å². The first-order valence-electron chi connectivity index (χ1n) is 7.61. The van der Waals surface area contributed by atoms with Gasteiger partial charge in [-0.05, 0) is 56.4 Å². The number of hydrogen-bond donors (Lipinski definition) is 1. The summed E-state index contributed by atoms with van der Waals surface area (Å²) in [5.41, 5.74) is 0.494. The molecule has 2 nitrogen and oxygen atoms in total. The van der Waals surface area contributed by atoms with E-state index in [-0.39, 0.29) is 0 Å². The lowest BCUT2D eigenvalue weighted by molar-refractivity contribution is 0.00486. The molecule has 0 aromatic carbocycles. The molecule has 2 bridgehead atoms. The van der Waals surface area contributed by atoms with E-state index in [1.54, 1.807) is 0 Å². The molecule has 3 fully saturated rings. The number of nitrogens with one attached hydrogen (secondary N) is 1. The van der Waals surface area contributed by atoms with Gasteiger partial charge in [-0.15, -0.1) is 0 Å². The zero-order chi connectivity index (χ0) is 11.7. The van der Waals surface area contributed by atoms with E-state index in [2.05, 4.69) is 12.2 Å². The summed E-state index contributed by atoms with van der Waals surface area (Å²) in [6, 6.07) is 0. The van der Waals surface area contributed by atoms with Crippen molar-refractivity contribution in [3.8, 4) is 0 Å². The molecule has 3 saturated carbocycles. The van der Waals surface area contributed by atoms with Crippen LogP contribution in [0.25, 0.3) is 0 Å². The fraction of sp³-hybridized carbons (Fsp3) is 1.00. The summed E-state index contributed by atoms with van der Waals surface area (Å²) in [7, 11) is 0. The molecule has 0 saturated heterocycles. The van der Waals surface area contributed by atoms with Crippen LogP contribution >= 0.6 is 0 Å². The number of ether oxygens (including phenoxy) is 1. The second-order valence-electron chi connectivity index (χ2n) is 6.68. The molecule has 3 atom stereocenters. The van der Waals surface area contributed by atoms with E-state index in [4.69, 9.17) is 4.74 Å². The molecule has 98 valence electrons. The van der Waals surface area contributed by atoms with E-state index in [1.807, 2.05) is 0 Å². The van der Waals surface area contributed by atoms with Crippen molar-refractivity contribution in [1.29, 1.82) is 0 Å². The Morgan fingerprint density at radius 1 is 1.24 bits per heavy atom. The predicted octanol–water partition coefficient (Wildman–Crippen LogP) is 2.83. The lowest BCUT2D eigenvalue weighted by Gasteiger charge is -2.38. The van der Waals surface area contributed by atoms with Gasteiger partial charge in [0.25, 0.3) is 0 Å². The normalized spacial score (nSPS) is 40.1. The Bertz CT molecular complexity index is 264. The van der Waals surface area contributed by atoms with Crippen LogP contribution < -0.4 is 5.32 Å². The van der Waals surface area contributed by atoms with Crippen molar-refractivity contribution in [2.75, 3.05) is 26.3 Å². The molecule has 0 spiro atoms. The van der Waals surface area contributed by atoms with Gasteiger partial charge in [0.15, 0.2) is 0 Å². The summed E-state index contributed by atoms with van der Waals surface area (Å²) in [6.07, 6.45) is 8.68. The second kappa shape index (κ2) is 4.89. The SMILES string of the molecule is CCNCC1(COCC2CC2)CC2CCC1C2. The highest BCUT2D eigenvalue weighted by Gasteiger charge is 2.50. The van der Waals surface area contributed by atoms with E-state index in [1.165, 1.54) is 45.1 Å². The van der Waals surface area contributed by atoms with Gasteiger partial charge in [0.2, 0.25) is 0 Å².